The summed E-state index contributed by atoms with van der Waals surface area (Å²) in [6.07, 6.45) is -0.671. The predicted octanol–water partition coefficient (Wildman–Crippen LogP) is 1.79. The Morgan fingerprint density at radius 1 is 1.40 bits per heavy atom. The van der Waals surface area contributed by atoms with Crippen molar-refractivity contribution >= 4 is 10.0 Å². The second-order valence-electron chi connectivity index (χ2n) is 5.01. The summed E-state index contributed by atoms with van der Waals surface area (Å²) in [4.78, 5) is 0. The van der Waals surface area contributed by atoms with Crippen LogP contribution in [0, 0.1) is 5.92 Å². The largest absolute Gasteiger partial charge is 0.246 e. The van der Waals surface area contributed by atoms with Crippen molar-refractivity contribution in [2.45, 2.75) is 45.0 Å². The van der Waals surface area contributed by atoms with Crippen LogP contribution in [0.3, 0.4) is 0 Å². The summed E-state index contributed by atoms with van der Waals surface area (Å²) in [7, 11) is -3.38. The highest BCUT2D eigenvalue weighted by atomic mass is 32.2. The van der Waals surface area contributed by atoms with Gasteiger partial charge in [0.05, 0.1) is 4.75 Å². The Morgan fingerprint density at radius 3 is 2.27 bits per heavy atom. The first-order valence-electron chi connectivity index (χ1n) is 5.33. The van der Waals surface area contributed by atoms with E-state index in [1.165, 1.54) is 4.31 Å². The smallest absolute Gasteiger partial charge is 0.219 e. The average Bonchev–Trinajstić information content (AvgIpc) is 2.51. The molecule has 0 aliphatic carbocycles. The van der Waals surface area contributed by atoms with E-state index in [4.69, 9.17) is 0 Å². The summed E-state index contributed by atoms with van der Waals surface area (Å²) in [5.74, 6) is 0.0150. The number of rotatable bonds is 3. The SMILES string of the molecule is CC(C)C(C)(C)S(=O)(=O)N1CCC(F)C1. The second kappa shape index (κ2) is 4.01. The minimum absolute atomic E-state index is 0.0150. The molecule has 1 aliphatic rings. The molecule has 0 spiro atoms. The molecule has 0 aromatic heterocycles. The molecule has 0 aromatic rings. The van der Waals surface area contributed by atoms with Gasteiger partial charge in [-0.3, -0.25) is 0 Å². The third-order valence-corrected chi connectivity index (χ3v) is 6.30. The summed E-state index contributed by atoms with van der Waals surface area (Å²) in [5, 5.41) is 0. The van der Waals surface area contributed by atoms with Gasteiger partial charge in [-0.15, -0.1) is 0 Å². The van der Waals surface area contributed by atoms with E-state index in [1.807, 2.05) is 13.8 Å². The predicted molar refractivity (Wildman–Crippen MR) is 58.9 cm³/mol. The van der Waals surface area contributed by atoms with E-state index in [9.17, 15) is 12.8 Å². The zero-order valence-corrected chi connectivity index (χ0v) is 10.6. The normalized spacial score (nSPS) is 25.1. The van der Waals surface area contributed by atoms with Gasteiger partial charge >= 0.3 is 0 Å². The van der Waals surface area contributed by atoms with Crippen molar-refractivity contribution in [3.05, 3.63) is 0 Å². The lowest BCUT2D eigenvalue weighted by Crippen LogP contribution is -2.47. The Hall–Kier alpha value is -0.160. The maximum Gasteiger partial charge on any atom is 0.219 e. The number of hydrogen-bond donors (Lipinski definition) is 0. The van der Waals surface area contributed by atoms with Crippen LogP contribution >= 0.6 is 0 Å². The third-order valence-electron chi connectivity index (χ3n) is 3.49. The maximum absolute atomic E-state index is 13.0. The zero-order valence-electron chi connectivity index (χ0n) is 9.83. The third kappa shape index (κ3) is 2.18. The molecule has 0 radical (unpaired) electrons. The standard InChI is InChI=1S/C10H20FNO2S/c1-8(2)10(3,4)15(13,14)12-6-5-9(11)7-12/h8-9H,5-7H2,1-4H3. The Labute approximate surface area is 91.7 Å². The molecule has 3 nitrogen and oxygen atoms in total. The summed E-state index contributed by atoms with van der Waals surface area (Å²) in [6, 6.07) is 0. The summed E-state index contributed by atoms with van der Waals surface area (Å²) >= 11 is 0. The van der Waals surface area contributed by atoms with Gasteiger partial charge in [-0.1, -0.05) is 13.8 Å². The van der Waals surface area contributed by atoms with Gasteiger partial charge in [0, 0.05) is 13.1 Å². The quantitative estimate of drug-likeness (QED) is 0.750. The molecule has 1 fully saturated rings. The Kier molecular flexibility index (Phi) is 3.45. The fourth-order valence-electron chi connectivity index (χ4n) is 1.54. The summed E-state index contributed by atoms with van der Waals surface area (Å²) < 4.78 is 37.9. The van der Waals surface area contributed by atoms with Crippen molar-refractivity contribution in [1.29, 1.82) is 0 Å². The van der Waals surface area contributed by atoms with Crippen LogP contribution in [-0.4, -0.2) is 36.7 Å². The Bertz CT molecular complexity index is 324. The molecule has 0 amide bonds. The highest BCUT2D eigenvalue weighted by molar-refractivity contribution is 7.90. The molecule has 0 aromatic carbocycles. The molecular weight excluding hydrogens is 217 g/mol. The van der Waals surface area contributed by atoms with Gasteiger partial charge in [-0.05, 0) is 26.2 Å². The van der Waals surface area contributed by atoms with Gasteiger partial charge in [0.15, 0.2) is 0 Å². The first-order chi connectivity index (χ1) is 6.69. The number of nitrogens with zero attached hydrogens (tertiary/aromatic N) is 1. The molecule has 1 atom stereocenters. The van der Waals surface area contributed by atoms with E-state index in [1.54, 1.807) is 13.8 Å². The van der Waals surface area contributed by atoms with E-state index in [0.717, 1.165) is 0 Å². The maximum atomic E-state index is 13.0. The number of alkyl halides is 1. The van der Waals surface area contributed by atoms with Crippen LogP contribution < -0.4 is 0 Å². The van der Waals surface area contributed by atoms with Crippen LogP contribution in [0.15, 0.2) is 0 Å². The minimum atomic E-state index is -3.38. The summed E-state index contributed by atoms with van der Waals surface area (Å²) in [6.45, 7) is 7.51. The van der Waals surface area contributed by atoms with E-state index in [-0.39, 0.29) is 12.5 Å². The lowest BCUT2D eigenvalue weighted by Gasteiger charge is -2.33. The van der Waals surface area contributed by atoms with E-state index < -0.39 is 20.9 Å². The molecule has 1 rings (SSSR count). The van der Waals surface area contributed by atoms with Crippen molar-refractivity contribution < 1.29 is 12.8 Å². The van der Waals surface area contributed by atoms with Gasteiger partial charge in [0.25, 0.3) is 0 Å². The van der Waals surface area contributed by atoms with Crippen LogP contribution in [0.25, 0.3) is 0 Å². The van der Waals surface area contributed by atoms with Crippen molar-refractivity contribution in [2.24, 2.45) is 5.92 Å². The monoisotopic (exact) mass is 237 g/mol. The fraction of sp³-hybridized carbons (Fsp3) is 1.00. The van der Waals surface area contributed by atoms with Crippen molar-refractivity contribution in [3.63, 3.8) is 0 Å². The van der Waals surface area contributed by atoms with Crippen molar-refractivity contribution in [3.8, 4) is 0 Å². The molecule has 1 unspecified atom stereocenters. The molecule has 15 heavy (non-hydrogen) atoms. The van der Waals surface area contributed by atoms with Crippen molar-refractivity contribution in [1.82, 2.24) is 4.31 Å². The van der Waals surface area contributed by atoms with Gasteiger partial charge in [-0.25, -0.2) is 12.8 Å². The van der Waals surface area contributed by atoms with Crippen LogP contribution in [0.2, 0.25) is 0 Å². The van der Waals surface area contributed by atoms with Crippen LogP contribution in [0.5, 0.6) is 0 Å². The highest BCUT2D eigenvalue weighted by Crippen LogP contribution is 2.31. The van der Waals surface area contributed by atoms with E-state index in [0.29, 0.717) is 13.0 Å². The minimum Gasteiger partial charge on any atom is -0.246 e. The van der Waals surface area contributed by atoms with E-state index >= 15 is 0 Å². The molecule has 1 aliphatic heterocycles. The molecule has 0 bridgehead atoms. The second-order valence-corrected chi connectivity index (χ2v) is 7.53. The molecular formula is C10H20FNO2S. The van der Waals surface area contributed by atoms with Crippen LogP contribution in [0.1, 0.15) is 34.1 Å². The first-order valence-corrected chi connectivity index (χ1v) is 6.77. The number of hydrogen-bond acceptors (Lipinski definition) is 2. The first kappa shape index (κ1) is 12.9. The molecule has 1 heterocycles. The molecule has 0 N–H and O–H groups in total. The van der Waals surface area contributed by atoms with Gasteiger partial charge in [-0.2, -0.15) is 4.31 Å². The Balaban J connectivity index is 2.93. The lowest BCUT2D eigenvalue weighted by atomic mass is 10.00. The lowest BCUT2D eigenvalue weighted by molar-refractivity contribution is 0.335. The number of sulfonamides is 1. The van der Waals surface area contributed by atoms with Crippen LogP contribution in [0.4, 0.5) is 4.39 Å². The molecule has 5 heteroatoms. The summed E-state index contributed by atoms with van der Waals surface area (Å²) in [5.41, 5.74) is 0. The van der Waals surface area contributed by atoms with Crippen LogP contribution in [-0.2, 0) is 10.0 Å². The highest BCUT2D eigenvalue weighted by Gasteiger charge is 2.44. The zero-order chi connectivity index (χ0) is 11.9. The van der Waals surface area contributed by atoms with Gasteiger partial charge < -0.3 is 0 Å². The molecule has 1 saturated heterocycles. The topological polar surface area (TPSA) is 37.4 Å². The molecule has 0 saturated carbocycles. The fourth-order valence-corrected chi connectivity index (χ4v) is 3.50. The van der Waals surface area contributed by atoms with Gasteiger partial charge in [0.2, 0.25) is 10.0 Å². The van der Waals surface area contributed by atoms with E-state index in [2.05, 4.69) is 0 Å². The van der Waals surface area contributed by atoms with Gasteiger partial charge in [0.1, 0.15) is 6.17 Å². The number of halogens is 1. The Morgan fingerprint density at radius 2 is 1.93 bits per heavy atom. The average molecular weight is 237 g/mol. The van der Waals surface area contributed by atoms with Crippen molar-refractivity contribution in [2.75, 3.05) is 13.1 Å². The molecule has 90 valence electrons.